The number of halogens is 1. The highest BCUT2D eigenvalue weighted by atomic mass is 79.9. The predicted octanol–water partition coefficient (Wildman–Crippen LogP) is 2.30. The molecule has 3 aromatic rings. The van der Waals surface area contributed by atoms with Gasteiger partial charge in [-0.2, -0.15) is 5.10 Å². The van der Waals surface area contributed by atoms with Gasteiger partial charge in [0, 0.05) is 21.6 Å². The Bertz CT molecular complexity index is 825. The van der Waals surface area contributed by atoms with Crippen LogP contribution in [-0.2, 0) is 13.6 Å². The molecular formula is C13H12BrN5OS. The number of nitrogens with two attached hydrogens (primary N) is 1. The molecule has 21 heavy (non-hydrogen) atoms. The molecule has 0 atom stereocenters. The van der Waals surface area contributed by atoms with Gasteiger partial charge in [-0.3, -0.25) is 9.48 Å². The Kier molecular flexibility index (Phi) is 3.64. The lowest BCUT2D eigenvalue weighted by molar-refractivity contribution is 0.0955. The quantitative estimate of drug-likeness (QED) is 0.745. The van der Waals surface area contributed by atoms with Gasteiger partial charge in [-0.25, -0.2) is 4.98 Å². The third-order valence-corrected chi connectivity index (χ3v) is 4.63. The first kappa shape index (κ1) is 14.0. The van der Waals surface area contributed by atoms with Crippen molar-refractivity contribution in [3.8, 4) is 0 Å². The molecule has 0 fully saturated rings. The third kappa shape index (κ3) is 2.77. The van der Waals surface area contributed by atoms with Gasteiger partial charge in [0.2, 0.25) is 0 Å². The minimum absolute atomic E-state index is 0.211. The number of rotatable bonds is 3. The maximum absolute atomic E-state index is 12.2. The number of hydrogen-bond acceptors (Lipinski definition) is 5. The monoisotopic (exact) mass is 365 g/mol. The Balaban J connectivity index is 1.82. The fourth-order valence-electron chi connectivity index (χ4n) is 1.96. The lowest BCUT2D eigenvalue weighted by atomic mass is 10.2. The maximum atomic E-state index is 12.2. The van der Waals surface area contributed by atoms with Crippen LogP contribution in [0.15, 0.2) is 29.0 Å². The number of fused-ring (bicyclic) bond motifs is 1. The molecule has 0 aliphatic carbocycles. The first-order valence-corrected chi connectivity index (χ1v) is 7.76. The average molecular weight is 366 g/mol. The van der Waals surface area contributed by atoms with Crippen LogP contribution in [0.2, 0.25) is 0 Å². The van der Waals surface area contributed by atoms with E-state index < -0.39 is 0 Å². The van der Waals surface area contributed by atoms with Crippen LogP contribution < -0.4 is 11.1 Å². The fourth-order valence-corrected chi connectivity index (χ4v) is 3.34. The molecule has 2 aromatic heterocycles. The van der Waals surface area contributed by atoms with Crippen molar-refractivity contribution in [2.24, 2.45) is 7.05 Å². The Morgan fingerprint density at radius 2 is 2.33 bits per heavy atom. The molecule has 0 saturated carbocycles. The zero-order chi connectivity index (χ0) is 15.0. The largest absolute Gasteiger partial charge is 0.397 e. The number of nitrogens with one attached hydrogen (secondary N) is 1. The van der Waals surface area contributed by atoms with Crippen molar-refractivity contribution in [2.75, 3.05) is 5.73 Å². The number of aromatic nitrogens is 3. The van der Waals surface area contributed by atoms with Gasteiger partial charge in [0.1, 0.15) is 11.2 Å². The number of thiophene rings is 1. The van der Waals surface area contributed by atoms with Gasteiger partial charge >= 0.3 is 0 Å². The molecule has 8 heteroatoms. The van der Waals surface area contributed by atoms with Gasteiger partial charge in [-0.05, 0) is 18.2 Å². The van der Waals surface area contributed by atoms with E-state index in [1.54, 1.807) is 18.1 Å². The lowest BCUT2D eigenvalue weighted by Crippen LogP contribution is -2.23. The Morgan fingerprint density at radius 3 is 3.05 bits per heavy atom. The van der Waals surface area contributed by atoms with E-state index in [0.717, 1.165) is 14.6 Å². The normalized spacial score (nSPS) is 11.0. The number of amides is 1. The van der Waals surface area contributed by atoms with Crippen LogP contribution in [0.5, 0.6) is 0 Å². The van der Waals surface area contributed by atoms with Crippen LogP contribution in [0.3, 0.4) is 0 Å². The zero-order valence-corrected chi connectivity index (χ0v) is 13.5. The first-order valence-electron chi connectivity index (χ1n) is 6.15. The second kappa shape index (κ2) is 5.45. The number of hydrogen-bond donors (Lipinski definition) is 2. The molecule has 6 nitrogen and oxygen atoms in total. The molecule has 1 amide bonds. The van der Waals surface area contributed by atoms with Gasteiger partial charge in [0.05, 0.1) is 12.2 Å². The van der Waals surface area contributed by atoms with Gasteiger partial charge in [0.15, 0.2) is 5.82 Å². The molecule has 0 saturated heterocycles. The highest BCUT2D eigenvalue weighted by molar-refractivity contribution is 9.10. The summed E-state index contributed by atoms with van der Waals surface area (Å²) in [6.07, 6.45) is 1.59. The van der Waals surface area contributed by atoms with Gasteiger partial charge in [-0.1, -0.05) is 15.9 Å². The van der Waals surface area contributed by atoms with Crippen LogP contribution in [0.25, 0.3) is 10.1 Å². The van der Waals surface area contributed by atoms with Gasteiger partial charge in [0.25, 0.3) is 5.91 Å². The SMILES string of the molecule is Cn1cnc(CNC(=O)c2sc3ccc(Br)cc3c2N)n1. The summed E-state index contributed by atoms with van der Waals surface area (Å²) in [7, 11) is 1.78. The molecule has 0 aliphatic rings. The molecular weight excluding hydrogens is 354 g/mol. The van der Waals surface area contributed by atoms with Crippen LogP contribution in [-0.4, -0.2) is 20.7 Å². The van der Waals surface area contributed by atoms with Crippen molar-refractivity contribution in [1.29, 1.82) is 0 Å². The van der Waals surface area contributed by atoms with Crippen molar-refractivity contribution < 1.29 is 4.79 Å². The van der Waals surface area contributed by atoms with Crippen LogP contribution >= 0.6 is 27.3 Å². The maximum Gasteiger partial charge on any atom is 0.263 e. The third-order valence-electron chi connectivity index (χ3n) is 2.95. The summed E-state index contributed by atoms with van der Waals surface area (Å²) in [5, 5.41) is 7.78. The van der Waals surface area contributed by atoms with E-state index in [4.69, 9.17) is 5.73 Å². The summed E-state index contributed by atoms with van der Waals surface area (Å²) in [5.41, 5.74) is 6.58. The van der Waals surface area contributed by atoms with E-state index >= 15 is 0 Å². The molecule has 0 aliphatic heterocycles. The number of carbonyl (C=O) groups is 1. The van der Waals surface area contributed by atoms with Crippen molar-refractivity contribution in [3.05, 3.63) is 39.7 Å². The number of benzene rings is 1. The van der Waals surface area contributed by atoms with Gasteiger partial charge in [-0.15, -0.1) is 11.3 Å². The fraction of sp³-hybridized carbons (Fsp3) is 0.154. The summed E-state index contributed by atoms with van der Waals surface area (Å²) in [6.45, 7) is 0.275. The number of nitrogen functional groups attached to an aromatic ring is 1. The van der Waals surface area contributed by atoms with Crippen molar-refractivity contribution in [2.45, 2.75) is 6.54 Å². The van der Waals surface area contributed by atoms with E-state index in [1.807, 2.05) is 18.2 Å². The summed E-state index contributed by atoms with van der Waals surface area (Å²) < 4.78 is 3.51. The Morgan fingerprint density at radius 1 is 1.52 bits per heavy atom. The molecule has 3 rings (SSSR count). The van der Waals surface area contributed by atoms with E-state index in [0.29, 0.717) is 16.4 Å². The van der Waals surface area contributed by atoms with E-state index in [2.05, 4.69) is 31.3 Å². The topological polar surface area (TPSA) is 85.8 Å². The Labute approximate surface area is 133 Å². The first-order chi connectivity index (χ1) is 10.0. The molecule has 0 unspecified atom stereocenters. The van der Waals surface area contributed by atoms with Crippen molar-refractivity contribution in [1.82, 2.24) is 20.1 Å². The molecule has 3 N–H and O–H groups in total. The highest BCUT2D eigenvalue weighted by Crippen LogP contribution is 2.35. The minimum atomic E-state index is -0.211. The van der Waals surface area contributed by atoms with Gasteiger partial charge < -0.3 is 11.1 Å². The lowest BCUT2D eigenvalue weighted by Gasteiger charge is -2.01. The number of anilines is 1. The molecule has 0 radical (unpaired) electrons. The summed E-state index contributed by atoms with van der Waals surface area (Å²) in [4.78, 5) is 16.8. The number of nitrogens with zero attached hydrogens (tertiary/aromatic N) is 3. The summed E-state index contributed by atoms with van der Waals surface area (Å²) >= 11 is 4.78. The van der Waals surface area contributed by atoms with E-state index in [1.165, 1.54) is 11.3 Å². The molecule has 108 valence electrons. The standard InChI is InChI=1S/C13H12BrN5OS/c1-19-6-17-10(18-19)5-16-13(20)12-11(15)8-4-7(14)2-3-9(8)21-12/h2-4,6H,5,15H2,1H3,(H,16,20). The molecule has 1 aromatic carbocycles. The number of carbonyl (C=O) groups excluding carboxylic acids is 1. The van der Waals surface area contributed by atoms with E-state index in [-0.39, 0.29) is 12.5 Å². The Hall–Kier alpha value is -1.93. The second-order valence-electron chi connectivity index (χ2n) is 4.50. The number of aryl methyl sites for hydroxylation is 1. The second-order valence-corrected chi connectivity index (χ2v) is 6.47. The van der Waals surface area contributed by atoms with Crippen LogP contribution in [0, 0.1) is 0 Å². The molecule has 0 bridgehead atoms. The predicted molar refractivity (Wildman–Crippen MR) is 86.1 cm³/mol. The average Bonchev–Trinajstić information content (AvgIpc) is 3.01. The summed E-state index contributed by atoms with van der Waals surface area (Å²) in [5.74, 6) is 0.352. The molecule has 2 heterocycles. The zero-order valence-electron chi connectivity index (χ0n) is 11.1. The van der Waals surface area contributed by atoms with Crippen LogP contribution in [0.1, 0.15) is 15.5 Å². The van der Waals surface area contributed by atoms with E-state index in [9.17, 15) is 4.79 Å². The highest BCUT2D eigenvalue weighted by Gasteiger charge is 2.16. The van der Waals surface area contributed by atoms with Crippen LogP contribution in [0.4, 0.5) is 5.69 Å². The van der Waals surface area contributed by atoms with Crippen molar-refractivity contribution >= 4 is 48.9 Å². The van der Waals surface area contributed by atoms with Crippen molar-refractivity contribution in [3.63, 3.8) is 0 Å². The molecule has 0 spiro atoms. The smallest absolute Gasteiger partial charge is 0.263 e. The minimum Gasteiger partial charge on any atom is -0.397 e. The summed E-state index contributed by atoms with van der Waals surface area (Å²) in [6, 6.07) is 5.79.